The first-order chi connectivity index (χ1) is 7.27. The molecule has 0 aliphatic heterocycles. The van der Waals surface area contributed by atoms with E-state index in [1.807, 2.05) is 0 Å². The standard InChI is InChI=1S/C12H24O3/c1-2-12(15-9-11(14)8-13)10-6-4-3-5-7-10/h10-14H,2-9H2,1H3. The molecular weight excluding hydrogens is 192 g/mol. The molecule has 1 aliphatic carbocycles. The molecule has 0 spiro atoms. The second kappa shape index (κ2) is 7.20. The molecule has 15 heavy (non-hydrogen) atoms. The average molecular weight is 216 g/mol. The van der Waals surface area contributed by atoms with Gasteiger partial charge in [0.25, 0.3) is 0 Å². The summed E-state index contributed by atoms with van der Waals surface area (Å²) in [6.07, 6.45) is 7.05. The summed E-state index contributed by atoms with van der Waals surface area (Å²) in [5.74, 6) is 0.662. The Bertz CT molecular complexity index is 155. The zero-order valence-corrected chi connectivity index (χ0v) is 9.69. The molecule has 0 aromatic heterocycles. The largest absolute Gasteiger partial charge is 0.394 e. The molecule has 1 aliphatic rings. The van der Waals surface area contributed by atoms with Gasteiger partial charge in [-0.1, -0.05) is 26.2 Å². The molecule has 3 heteroatoms. The third-order valence-corrected chi connectivity index (χ3v) is 3.29. The van der Waals surface area contributed by atoms with Gasteiger partial charge in [0, 0.05) is 0 Å². The fourth-order valence-corrected chi connectivity index (χ4v) is 2.38. The molecular formula is C12H24O3. The lowest BCUT2D eigenvalue weighted by Crippen LogP contribution is -2.30. The van der Waals surface area contributed by atoms with Crippen LogP contribution in [-0.4, -0.2) is 35.6 Å². The van der Waals surface area contributed by atoms with Gasteiger partial charge >= 0.3 is 0 Å². The third-order valence-electron chi connectivity index (χ3n) is 3.29. The quantitative estimate of drug-likeness (QED) is 0.710. The van der Waals surface area contributed by atoms with E-state index >= 15 is 0 Å². The molecule has 0 saturated heterocycles. The van der Waals surface area contributed by atoms with Gasteiger partial charge in [0.2, 0.25) is 0 Å². The monoisotopic (exact) mass is 216 g/mol. The maximum Gasteiger partial charge on any atom is 0.100 e. The SMILES string of the molecule is CCC(OCC(O)CO)C1CCCCC1. The molecule has 0 bridgehead atoms. The molecule has 0 heterocycles. The highest BCUT2D eigenvalue weighted by molar-refractivity contribution is 4.74. The Morgan fingerprint density at radius 2 is 1.93 bits per heavy atom. The Kier molecular flexibility index (Phi) is 6.22. The lowest BCUT2D eigenvalue weighted by Gasteiger charge is -2.30. The molecule has 1 rings (SSSR count). The Hall–Kier alpha value is -0.120. The number of rotatable bonds is 6. The Morgan fingerprint density at radius 1 is 1.27 bits per heavy atom. The first kappa shape index (κ1) is 12.9. The molecule has 2 N–H and O–H groups in total. The summed E-state index contributed by atoms with van der Waals surface area (Å²) in [6.45, 7) is 2.19. The fraction of sp³-hybridized carbons (Fsp3) is 1.00. The van der Waals surface area contributed by atoms with Crippen LogP contribution in [-0.2, 0) is 4.74 Å². The van der Waals surface area contributed by atoms with Crippen molar-refractivity contribution in [3.8, 4) is 0 Å². The van der Waals surface area contributed by atoms with E-state index in [4.69, 9.17) is 9.84 Å². The van der Waals surface area contributed by atoms with Crippen LogP contribution in [0.15, 0.2) is 0 Å². The minimum Gasteiger partial charge on any atom is -0.394 e. The molecule has 2 unspecified atom stereocenters. The van der Waals surface area contributed by atoms with Crippen molar-refractivity contribution in [2.75, 3.05) is 13.2 Å². The van der Waals surface area contributed by atoms with E-state index in [-0.39, 0.29) is 19.3 Å². The van der Waals surface area contributed by atoms with Crippen molar-refractivity contribution in [1.82, 2.24) is 0 Å². The van der Waals surface area contributed by atoms with Gasteiger partial charge in [-0.25, -0.2) is 0 Å². The summed E-state index contributed by atoms with van der Waals surface area (Å²) in [5, 5.41) is 17.9. The molecule has 0 aromatic carbocycles. The summed E-state index contributed by atoms with van der Waals surface area (Å²) in [5.41, 5.74) is 0. The summed E-state index contributed by atoms with van der Waals surface area (Å²) < 4.78 is 5.67. The lowest BCUT2D eigenvalue weighted by molar-refractivity contribution is -0.0558. The summed E-state index contributed by atoms with van der Waals surface area (Å²) in [7, 11) is 0. The number of aliphatic hydroxyl groups is 2. The van der Waals surface area contributed by atoms with Crippen molar-refractivity contribution in [1.29, 1.82) is 0 Å². The molecule has 1 fully saturated rings. The predicted molar refractivity (Wildman–Crippen MR) is 59.7 cm³/mol. The molecule has 0 radical (unpaired) electrons. The molecule has 2 atom stereocenters. The van der Waals surface area contributed by atoms with Crippen molar-refractivity contribution >= 4 is 0 Å². The van der Waals surface area contributed by atoms with E-state index in [0.717, 1.165) is 6.42 Å². The summed E-state index contributed by atoms with van der Waals surface area (Å²) in [6, 6.07) is 0. The summed E-state index contributed by atoms with van der Waals surface area (Å²) in [4.78, 5) is 0. The average Bonchev–Trinajstić information content (AvgIpc) is 2.31. The van der Waals surface area contributed by atoms with Gasteiger partial charge in [0.15, 0.2) is 0 Å². The zero-order chi connectivity index (χ0) is 11.1. The fourth-order valence-electron chi connectivity index (χ4n) is 2.38. The van der Waals surface area contributed by atoms with E-state index in [0.29, 0.717) is 5.92 Å². The minimum atomic E-state index is -0.720. The third kappa shape index (κ3) is 4.49. The molecule has 3 nitrogen and oxygen atoms in total. The smallest absolute Gasteiger partial charge is 0.100 e. The van der Waals surface area contributed by atoms with Crippen LogP contribution >= 0.6 is 0 Å². The van der Waals surface area contributed by atoms with E-state index in [9.17, 15) is 5.11 Å². The van der Waals surface area contributed by atoms with Crippen LogP contribution in [0, 0.1) is 5.92 Å². The number of ether oxygens (including phenoxy) is 1. The second-order valence-corrected chi connectivity index (χ2v) is 4.51. The van der Waals surface area contributed by atoms with E-state index in [1.165, 1.54) is 32.1 Å². The first-order valence-electron chi connectivity index (χ1n) is 6.18. The number of hydrogen-bond acceptors (Lipinski definition) is 3. The van der Waals surface area contributed by atoms with Gasteiger partial charge < -0.3 is 14.9 Å². The Labute approximate surface area is 92.4 Å². The topological polar surface area (TPSA) is 49.7 Å². The zero-order valence-electron chi connectivity index (χ0n) is 9.69. The van der Waals surface area contributed by atoms with Gasteiger partial charge in [-0.05, 0) is 25.2 Å². The van der Waals surface area contributed by atoms with Crippen LogP contribution in [0.2, 0.25) is 0 Å². The first-order valence-corrected chi connectivity index (χ1v) is 6.18. The molecule has 1 saturated carbocycles. The van der Waals surface area contributed by atoms with Gasteiger partial charge in [-0.15, -0.1) is 0 Å². The Balaban J connectivity index is 2.27. The van der Waals surface area contributed by atoms with Gasteiger partial charge in [-0.3, -0.25) is 0 Å². The second-order valence-electron chi connectivity index (χ2n) is 4.51. The highest BCUT2D eigenvalue weighted by Crippen LogP contribution is 2.29. The van der Waals surface area contributed by atoms with Crippen molar-refractivity contribution in [3.63, 3.8) is 0 Å². The van der Waals surface area contributed by atoms with Gasteiger partial charge in [-0.2, -0.15) is 0 Å². The van der Waals surface area contributed by atoms with Crippen LogP contribution in [0.4, 0.5) is 0 Å². The van der Waals surface area contributed by atoms with Crippen molar-refractivity contribution < 1.29 is 14.9 Å². The normalized spacial score (nSPS) is 22.6. The van der Waals surface area contributed by atoms with Crippen LogP contribution in [0.3, 0.4) is 0 Å². The number of hydrogen-bond donors (Lipinski definition) is 2. The summed E-state index contributed by atoms with van der Waals surface area (Å²) >= 11 is 0. The van der Waals surface area contributed by atoms with E-state index in [1.54, 1.807) is 0 Å². The van der Waals surface area contributed by atoms with Crippen LogP contribution in [0.25, 0.3) is 0 Å². The van der Waals surface area contributed by atoms with Crippen molar-refractivity contribution in [2.24, 2.45) is 5.92 Å². The van der Waals surface area contributed by atoms with E-state index in [2.05, 4.69) is 6.92 Å². The lowest BCUT2D eigenvalue weighted by atomic mass is 9.84. The van der Waals surface area contributed by atoms with Gasteiger partial charge in [0.1, 0.15) is 6.10 Å². The number of aliphatic hydroxyl groups excluding tert-OH is 2. The van der Waals surface area contributed by atoms with Crippen molar-refractivity contribution in [2.45, 2.75) is 57.7 Å². The van der Waals surface area contributed by atoms with Crippen LogP contribution < -0.4 is 0 Å². The molecule has 90 valence electrons. The maximum atomic E-state index is 9.23. The van der Waals surface area contributed by atoms with Crippen LogP contribution in [0.5, 0.6) is 0 Å². The van der Waals surface area contributed by atoms with Gasteiger partial charge in [0.05, 0.1) is 19.3 Å². The van der Waals surface area contributed by atoms with E-state index < -0.39 is 6.10 Å². The molecule has 0 aromatic rings. The predicted octanol–water partition coefficient (Wildman–Crippen LogP) is 1.72. The molecule has 0 amide bonds. The van der Waals surface area contributed by atoms with Crippen molar-refractivity contribution in [3.05, 3.63) is 0 Å². The highest BCUT2D eigenvalue weighted by atomic mass is 16.5. The van der Waals surface area contributed by atoms with Crippen LogP contribution in [0.1, 0.15) is 45.4 Å². The highest BCUT2D eigenvalue weighted by Gasteiger charge is 2.23. The maximum absolute atomic E-state index is 9.23. The minimum absolute atomic E-state index is 0.207. The Morgan fingerprint density at radius 3 is 2.47 bits per heavy atom.